The second-order valence-corrected chi connectivity index (χ2v) is 11.0. The maximum atomic E-state index is 12.5. The van der Waals surface area contributed by atoms with Gasteiger partial charge in [0.15, 0.2) is 14.1 Å². The van der Waals surface area contributed by atoms with Crippen LogP contribution < -0.4 is 0 Å². The minimum atomic E-state index is -1.89. The molecule has 2 rings (SSSR count). The van der Waals surface area contributed by atoms with Crippen molar-refractivity contribution >= 4 is 19.8 Å². The predicted molar refractivity (Wildman–Crippen MR) is 95.7 cm³/mol. The monoisotopic (exact) mass is 343 g/mol. The first kappa shape index (κ1) is 18.0. The molecule has 0 saturated heterocycles. The van der Waals surface area contributed by atoms with Crippen LogP contribution in [0.2, 0.25) is 19.6 Å². The quantitative estimate of drug-likeness (QED) is 0.314. The third-order valence-electron chi connectivity index (χ3n) is 3.44. The Morgan fingerprint density at radius 1 is 1.08 bits per heavy atom. The minimum Gasteiger partial charge on any atom is -0.410 e. The van der Waals surface area contributed by atoms with E-state index in [0.717, 1.165) is 5.56 Å². The third kappa shape index (κ3) is 5.11. The zero-order valence-corrected chi connectivity index (χ0v) is 15.1. The molecule has 0 bridgehead atoms. The average Bonchev–Trinajstić information content (AvgIpc) is 2.54. The van der Waals surface area contributed by atoms with Gasteiger partial charge in [0.05, 0.1) is 11.0 Å². The number of benzene rings is 2. The summed E-state index contributed by atoms with van der Waals surface area (Å²) in [6.07, 6.45) is -0.184. The van der Waals surface area contributed by atoms with Crippen LogP contribution in [0.1, 0.15) is 28.4 Å². The predicted octanol–water partition coefficient (Wildman–Crippen LogP) is 4.76. The number of hydrogen-bond acceptors (Lipinski definition) is 4. The Bertz CT molecular complexity index is 708. The fourth-order valence-electron chi connectivity index (χ4n) is 2.38. The summed E-state index contributed by atoms with van der Waals surface area (Å²) in [7, 11) is -1.89. The van der Waals surface area contributed by atoms with Gasteiger partial charge >= 0.3 is 0 Å². The largest absolute Gasteiger partial charge is 0.410 e. The molecule has 0 amide bonds. The standard InChI is InChI=1S/C18H21NO4Si/c1-24(2,3)23-18(13-17(20)14-7-5-4-6-8-14)15-9-11-16(12-10-15)19(21)22/h4-12,18H,13H2,1-3H3. The number of hydrogen-bond donors (Lipinski definition) is 0. The fraction of sp³-hybridized carbons (Fsp3) is 0.278. The molecule has 0 aliphatic heterocycles. The molecule has 5 nitrogen and oxygen atoms in total. The first-order chi connectivity index (χ1) is 11.3. The Morgan fingerprint density at radius 2 is 1.67 bits per heavy atom. The molecule has 2 aromatic carbocycles. The van der Waals surface area contributed by atoms with E-state index in [4.69, 9.17) is 4.43 Å². The molecular formula is C18H21NO4Si. The van der Waals surface area contributed by atoms with Gasteiger partial charge in [-0.1, -0.05) is 30.3 Å². The molecule has 0 aliphatic rings. The lowest BCUT2D eigenvalue weighted by atomic mass is 10.00. The maximum Gasteiger partial charge on any atom is 0.269 e. The Labute approximate surface area is 142 Å². The van der Waals surface area contributed by atoms with E-state index in [-0.39, 0.29) is 17.9 Å². The van der Waals surface area contributed by atoms with E-state index in [0.29, 0.717) is 5.56 Å². The second kappa shape index (κ2) is 7.50. The normalized spacial score (nSPS) is 12.6. The molecule has 0 saturated carbocycles. The summed E-state index contributed by atoms with van der Waals surface area (Å²) in [5.41, 5.74) is 1.45. The Kier molecular flexibility index (Phi) is 5.64. The number of nitro groups is 1. The van der Waals surface area contributed by atoms with E-state index in [1.165, 1.54) is 12.1 Å². The van der Waals surface area contributed by atoms with Crippen molar-refractivity contribution in [1.29, 1.82) is 0 Å². The van der Waals surface area contributed by atoms with Crippen molar-refractivity contribution in [2.75, 3.05) is 0 Å². The van der Waals surface area contributed by atoms with Crippen molar-refractivity contribution < 1.29 is 14.1 Å². The van der Waals surface area contributed by atoms with E-state index in [1.807, 2.05) is 18.2 Å². The maximum absolute atomic E-state index is 12.5. The highest BCUT2D eigenvalue weighted by molar-refractivity contribution is 6.69. The number of non-ortho nitro benzene ring substituents is 1. The summed E-state index contributed by atoms with van der Waals surface area (Å²) in [6.45, 7) is 6.16. The molecule has 0 heterocycles. The van der Waals surface area contributed by atoms with Crippen LogP contribution in [0.3, 0.4) is 0 Å². The van der Waals surface area contributed by atoms with Crippen molar-refractivity contribution in [2.45, 2.75) is 32.2 Å². The first-order valence-electron chi connectivity index (χ1n) is 7.77. The van der Waals surface area contributed by atoms with Crippen LogP contribution in [0, 0.1) is 10.1 Å². The number of ketones is 1. The first-order valence-corrected chi connectivity index (χ1v) is 11.2. The highest BCUT2D eigenvalue weighted by atomic mass is 28.4. The number of Topliss-reactive ketones (excluding diaryl/α,β-unsaturated/α-hetero) is 1. The van der Waals surface area contributed by atoms with Gasteiger partial charge in [0.1, 0.15) is 0 Å². The van der Waals surface area contributed by atoms with Gasteiger partial charge in [-0.3, -0.25) is 14.9 Å². The second-order valence-electron chi connectivity index (χ2n) is 6.56. The van der Waals surface area contributed by atoms with Crippen LogP contribution >= 0.6 is 0 Å². The number of nitrogens with zero attached hydrogens (tertiary/aromatic N) is 1. The summed E-state index contributed by atoms with van der Waals surface area (Å²) in [5, 5.41) is 10.8. The van der Waals surface area contributed by atoms with Crippen LogP contribution in [-0.2, 0) is 4.43 Å². The molecule has 1 atom stereocenters. The lowest BCUT2D eigenvalue weighted by molar-refractivity contribution is -0.384. The van der Waals surface area contributed by atoms with Gasteiger partial charge in [0, 0.05) is 24.1 Å². The molecule has 24 heavy (non-hydrogen) atoms. The summed E-state index contributed by atoms with van der Waals surface area (Å²) in [4.78, 5) is 22.9. The van der Waals surface area contributed by atoms with E-state index in [9.17, 15) is 14.9 Å². The van der Waals surface area contributed by atoms with Crippen molar-refractivity contribution in [3.05, 3.63) is 75.8 Å². The van der Waals surface area contributed by atoms with Gasteiger partial charge in [-0.25, -0.2) is 0 Å². The SMILES string of the molecule is C[Si](C)(C)OC(CC(=O)c1ccccc1)c1ccc([N+](=O)[O-])cc1. The molecular weight excluding hydrogens is 322 g/mol. The molecule has 2 aromatic rings. The molecule has 6 heteroatoms. The molecule has 1 unspecified atom stereocenters. The molecule has 0 aliphatic carbocycles. The lowest BCUT2D eigenvalue weighted by Crippen LogP contribution is -2.29. The number of carbonyl (C=O) groups is 1. The molecule has 0 spiro atoms. The number of carbonyl (C=O) groups excluding carboxylic acids is 1. The van der Waals surface area contributed by atoms with Crippen molar-refractivity contribution in [3.8, 4) is 0 Å². The fourth-order valence-corrected chi connectivity index (χ4v) is 3.45. The Balaban J connectivity index is 2.24. The zero-order chi connectivity index (χ0) is 17.7. The van der Waals surface area contributed by atoms with Crippen molar-refractivity contribution in [1.82, 2.24) is 0 Å². The molecule has 0 radical (unpaired) electrons. The number of nitro benzene ring substituents is 1. The van der Waals surface area contributed by atoms with Crippen LogP contribution in [0.5, 0.6) is 0 Å². The van der Waals surface area contributed by atoms with Crippen LogP contribution in [0.15, 0.2) is 54.6 Å². The van der Waals surface area contributed by atoms with E-state index in [2.05, 4.69) is 19.6 Å². The van der Waals surface area contributed by atoms with Gasteiger partial charge in [0.2, 0.25) is 0 Å². The van der Waals surface area contributed by atoms with Gasteiger partial charge in [-0.05, 0) is 37.3 Å². The Morgan fingerprint density at radius 3 is 2.17 bits per heavy atom. The summed E-state index contributed by atoms with van der Waals surface area (Å²) in [6, 6.07) is 15.3. The molecule has 0 fully saturated rings. The topological polar surface area (TPSA) is 69.4 Å². The highest BCUT2D eigenvalue weighted by Crippen LogP contribution is 2.28. The Hall–Kier alpha value is -2.31. The summed E-state index contributed by atoms with van der Waals surface area (Å²) in [5.74, 6) is -0.00259. The van der Waals surface area contributed by atoms with Gasteiger partial charge in [0.25, 0.3) is 5.69 Å². The van der Waals surface area contributed by atoms with E-state index < -0.39 is 19.3 Å². The molecule has 0 aromatic heterocycles. The van der Waals surface area contributed by atoms with Crippen LogP contribution in [0.25, 0.3) is 0 Å². The van der Waals surface area contributed by atoms with Crippen molar-refractivity contribution in [3.63, 3.8) is 0 Å². The van der Waals surface area contributed by atoms with Gasteiger partial charge < -0.3 is 4.43 Å². The molecule has 126 valence electrons. The van der Waals surface area contributed by atoms with E-state index in [1.54, 1.807) is 24.3 Å². The average molecular weight is 343 g/mol. The van der Waals surface area contributed by atoms with Crippen LogP contribution in [0.4, 0.5) is 5.69 Å². The summed E-state index contributed by atoms with van der Waals surface area (Å²) >= 11 is 0. The number of rotatable bonds is 7. The smallest absolute Gasteiger partial charge is 0.269 e. The van der Waals surface area contributed by atoms with E-state index >= 15 is 0 Å². The third-order valence-corrected chi connectivity index (χ3v) is 4.43. The summed E-state index contributed by atoms with van der Waals surface area (Å²) < 4.78 is 6.16. The molecule has 0 N–H and O–H groups in total. The van der Waals surface area contributed by atoms with Gasteiger partial charge in [-0.15, -0.1) is 0 Å². The minimum absolute atomic E-state index is 0.00259. The zero-order valence-electron chi connectivity index (χ0n) is 14.1. The lowest BCUT2D eigenvalue weighted by Gasteiger charge is -2.26. The van der Waals surface area contributed by atoms with Gasteiger partial charge in [-0.2, -0.15) is 0 Å². The highest BCUT2D eigenvalue weighted by Gasteiger charge is 2.25. The van der Waals surface area contributed by atoms with Crippen molar-refractivity contribution in [2.24, 2.45) is 0 Å². The van der Waals surface area contributed by atoms with Crippen LogP contribution in [-0.4, -0.2) is 19.0 Å².